The highest BCUT2D eigenvalue weighted by Crippen LogP contribution is 2.31. The Kier molecular flexibility index (Phi) is 3.92. The molecule has 0 aromatic carbocycles. The first-order chi connectivity index (χ1) is 8.04. The van der Waals surface area contributed by atoms with E-state index in [1.165, 1.54) is 4.88 Å². The molecule has 2 aromatic rings. The van der Waals surface area contributed by atoms with Gasteiger partial charge in [0.1, 0.15) is 0 Å². The molecule has 92 valence electrons. The van der Waals surface area contributed by atoms with Crippen LogP contribution in [0.1, 0.15) is 22.3 Å². The van der Waals surface area contributed by atoms with E-state index in [0.29, 0.717) is 6.54 Å². The van der Waals surface area contributed by atoms with Crippen LogP contribution in [0.15, 0.2) is 15.9 Å². The third kappa shape index (κ3) is 2.42. The van der Waals surface area contributed by atoms with Gasteiger partial charge in [-0.15, -0.1) is 11.3 Å². The van der Waals surface area contributed by atoms with Crippen molar-refractivity contribution in [2.45, 2.75) is 19.9 Å². The lowest BCUT2D eigenvalue weighted by atomic mass is 10.2. The molecule has 2 rings (SSSR count). The largest absolute Gasteiger partial charge is 0.328 e. The van der Waals surface area contributed by atoms with E-state index in [1.54, 1.807) is 11.3 Å². The molecule has 1 atom stereocenters. The third-order valence-corrected chi connectivity index (χ3v) is 4.95. The lowest BCUT2D eigenvalue weighted by molar-refractivity contribution is 0.524. The summed E-state index contributed by atoms with van der Waals surface area (Å²) in [6, 6.07) is 4.14. The molecule has 3 nitrogen and oxygen atoms in total. The fourth-order valence-corrected chi connectivity index (χ4v) is 3.44. The predicted octanol–water partition coefficient (Wildman–Crippen LogP) is 3.53. The first-order valence-corrected chi connectivity index (χ1v) is 7.19. The van der Waals surface area contributed by atoms with Crippen molar-refractivity contribution in [2.75, 3.05) is 6.54 Å². The fourth-order valence-electron chi connectivity index (χ4n) is 1.79. The zero-order valence-electron chi connectivity index (χ0n) is 9.58. The number of aromatic nitrogens is 2. The maximum Gasteiger partial charge on any atom is 0.0986 e. The molecule has 6 heteroatoms. The van der Waals surface area contributed by atoms with Crippen LogP contribution < -0.4 is 5.73 Å². The summed E-state index contributed by atoms with van der Waals surface area (Å²) in [6.07, 6.45) is 0. The molecular weight excluding hydrogens is 322 g/mol. The Balaban J connectivity index is 2.45. The van der Waals surface area contributed by atoms with Crippen LogP contribution in [0.3, 0.4) is 0 Å². The topological polar surface area (TPSA) is 43.8 Å². The molecule has 0 bridgehead atoms. The second-order valence-electron chi connectivity index (χ2n) is 3.82. The van der Waals surface area contributed by atoms with Gasteiger partial charge in [-0.05, 0) is 41.9 Å². The normalized spacial score (nSPS) is 13.0. The summed E-state index contributed by atoms with van der Waals surface area (Å²) in [7, 11) is 0. The van der Waals surface area contributed by atoms with E-state index in [1.807, 2.05) is 24.6 Å². The maximum absolute atomic E-state index is 6.16. The van der Waals surface area contributed by atoms with E-state index >= 15 is 0 Å². The van der Waals surface area contributed by atoms with Crippen molar-refractivity contribution in [3.05, 3.63) is 37.2 Å². The minimum absolute atomic E-state index is 0.0532. The maximum atomic E-state index is 6.16. The molecule has 2 heterocycles. The Morgan fingerprint density at radius 2 is 2.24 bits per heavy atom. The van der Waals surface area contributed by atoms with Gasteiger partial charge in [-0.1, -0.05) is 11.6 Å². The van der Waals surface area contributed by atoms with Gasteiger partial charge in [0, 0.05) is 11.4 Å². The first kappa shape index (κ1) is 13.1. The number of aryl methyl sites for hydroxylation is 1. The zero-order valence-corrected chi connectivity index (χ0v) is 12.7. The van der Waals surface area contributed by atoms with Gasteiger partial charge in [-0.3, -0.25) is 4.68 Å². The van der Waals surface area contributed by atoms with E-state index in [2.05, 4.69) is 27.1 Å². The monoisotopic (exact) mass is 333 g/mol. The molecule has 0 fully saturated rings. The van der Waals surface area contributed by atoms with Crippen LogP contribution in [-0.4, -0.2) is 16.3 Å². The van der Waals surface area contributed by atoms with E-state index < -0.39 is 0 Å². The second-order valence-corrected chi connectivity index (χ2v) is 6.70. The van der Waals surface area contributed by atoms with Gasteiger partial charge in [0.25, 0.3) is 0 Å². The van der Waals surface area contributed by atoms with E-state index in [-0.39, 0.29) is 6.04 Å². The molecule has 0 aliphatic carbocycles. The van der Waals surface area contributed by atoms with Crippen LogP contribution in [-0.2, 0) is 0 Å². The molecule has 0 aliphatic heterocycles. The van der Waals surface area contributed by atoms with Crippen LogP contribution >= 0.6 is 38.9 Å². The zero-order chi connectivity index (χ0) is 12.6. The van der Waals surface area contributed by atoms with Crippen LogP contribution in [0.25, 0.3) is 0 Å². The van der Waals surface area contributed by atoms with Crippen LogP contribution in [0.5, 0.6) is 0 Å². The van der Waals surface area contributed by atoms with Gasteiger partial charge in [0.2, 0.25) is 0 Å². The molecule has 0 aliphatic rings. The number of nitrogens with zero attached hydrogens (tertiary/aromatic N) is 2. The van der Waals surface area contributed by atoms with Crippen molar-refractivity contribution in [2.24, 2.45) is 5.73 Å². The first-order valence-electron chi connectivity index (χ1n) is 5.21. The molecule has 0 spiro atoms. The predicted molar refractivity (Wildman–Crippen MR) is 75.9 cm³/mol. The van der Waals surface area contributed by atoms with Crippen LogP contribution in [0.4, 0.5) is 0 Å². The SMILES string of the molecule is Cc1nn(C(CN)c2ccc(Br)s2)c(C)c1Cl. The average molecular weight is 335 g/mol. The molecule has 0 saturated carbocycles. The van der Waals surface area contributed by atoms with Crippen molar-refractivity contribution in [1.29, 1.82) is 0 Å². The summed E-state index contributed by atoms with van der Waals surface area (Å²) < 4.78 is 3.01. The van der Waals surface area contributed by atoms with Gasteiger partial charge in [-0.2, -0.15) is 5.10 Å². The number of hydrogen-bond acceptors (Lipinski definition) is 3. The van der Waals surface area contributed by atoms with Gasteiger partial charge in [-0.25, -0.2) is 0 Å². The van der Waals surface area contributed by atoms with E-state index in [9.17, 15) is 0 Å². The fraction of sp³-hybridized carbons (Fsp3) is 0.364. The van der Waals surface area contributed by atoms with Crippen molar-refractivity contribution in [1.82, 2.24) is 9.78 Å². The molecule has 2 N–H and O–H groups in total. The number of thiophene rings is 1. The molecule has 2 aromatic heterocycles. The highest BCUT2D eigenvalue weighted by atomic mass is 79.9. The van der Waals surface area contributed by atoms with Gasteiger partial charge in [0.05, 0.1) is 26.2 Å². The molecule has 0 radical (unpaired) electrons. The molecule has 0 amide bonds. The van der Waals surface area contributed by atoms with Gasteiger partial charge in [0.15, 0.2) is 0 Å². The van der Waals surface area contributed by atoms with Gasteiger partial charge < -0.3 is 5.73 Å². The lowest BCUT2D eigenvalue weighted by Gasteiger charge is -2.15. The smallest absolute Gasteiger partial charge is 0.0986 e. The third-order valence-electron chi connectivity index (χ3n) is 2.68. The van der Waals surface area contributed by atoms with E-state index in [0.717, 1.165) is 20.2 Å². The lowest BCUT2D eigenvalue weighted by Crippen LogP contribution is -2.21. The Morgan fingerprint density at radius 1 is 1.53 bits per heavy atom. The minimum atomic E-state index is 0.0532. The Morgan fingerprint density at radius 3 is 2.65 bits per heavy atom. The van der Waals surface area contributed by atoms with Crippen molar-refractivity contribution in [3.63, 3.8) is 0 Å². The minimum Gasteiger partial charge on any atom is -0.328 e. The Bertz CT molecular complexity index is 535. The summed E-state index contributed by atoms with van der Waals surface area (Å²) >= 11 is 11.3. The summed E-state index contributed by atoms with van der Waals surface area (Å²) in [6.45, 7) is 4.38. The van der Waals surface area contributed by atoms with Gasteiger partial charge >= 0.3 is 0 Å². The quantitative estimate of drug-likeness (QED) is 0.933. The highest BCUT2D eigenvalue weighted by molar-refractivity contribution is 9.11. The van der Waals surface area contributed by atoms with Crippen LogP contribution in [0.2, 0.25) is 5.02 Å². The number of nitrogens with two attached hydrogens (primary N) is 1. The van der Waals surface area contributed by atoms with Crippen molar-refractivity contribution < 1.29 is 0 Å². The molecule has 17 heavy (non-hydrogen) atoms. The summed E-state index contributed by atoms with van der Waals surface area (Å²) in [4.78, 5) is 1.18. The standard InChI is InChI=1S/C11H13BrClN3S/c1-6-11(13)7(2)16(15-6)8(5-14)9-3-4-10(12)17-9/h3-4,8H,5,14H2,1-2H3. The van der Waals surface area contributed by atoms with Crippen LogP contribution in [0, 0.1) is 13.8 Å². The summed E-state index contributed by atoms with van der Waals surface area (Å²) in [5.74, 6) is 0. The highest BCUT2D eigenvalue weighted by Gasteiger charge is 2.19. The molecule has 0 saturated heterocycles. The Labute approximate surface area is 118 Å². The Hall–Kier alpha value is -0.360. The van der Waals surface area contributed by atoms with Crippen molar-refractivity contribution >= 4 is 38.9 Å². The second kappa shape index (κ2) is 5.10. The summed E-state index contributed by atoms with van der Waals surface area (Å²) in [5.41, 5.74) is 7.67. The molecular formula is C11H13BrClN3S. The van der Waals surface area contributed by atoms with Crippen molar-refractivity contribution in [3.8, 4) is 0 Å². The average Bonchev–Trinajstić information content (AvgIpc) is 2.82. The number of halogens is 2. The number of rotatable bonds is 3. The van der Waals surface area contributed by atoms with E-state index in [4.69, 9.17) is 17.3 Å². The number of hydrogen-bond donors (Lipinski definition) is 1. The molecule has 1 unspecified atom stereocenters. The summed E-state index contributed by atoms with van der Waals surface area (Å²) in [5, 5.41) is 5.18.